The van der Waals surface area contributed by atoms with E-state index in [-0.39, 0.29) is 6.10 Å². The van der Waals surface area contributed by atoms with E-state index in [1.165, 1.54) is 0 Å². The Morgan fingerprint density at radius 1 is 1.00 bits per heavy atom. The Morgan fingerprint density at radius 3 is 2.10 bits per heavy atom. The van der Waals surface area contributed by atoms with Gasteiger partial charge in [0.1, 0.15) is 0 Å². The Labute approximate surface area is 124 Å². The second-order valence-corrected chi connectivity index (χ2v) is 6.11. The summed E-state index contributed by atoms with van der Waals surface area (Å²) in [5, 5.41) is 10.0. The molecule has 0 aliphatic rings. The molecule has 0 aromatic heterocycles. The van der Waals surface area contributed by atoms with Gasteiger partial charge < -0.3 is 9.84 Å². The summed E-state index contributed by atoms with van der Waals surface area (Å²) in [6.07, 6.45) is 0.607. The highest BCUT2D eigenvalue weighted by atomic mass is 16.5. The van der Waals surface area contributed by atoms with Crippen LogP contribution in [0.1, 0.15) is 46.6 Å². The van der Waals surface area contributed by atoms with Crippen LogP contribution in [0.15, 0.2) is 30.3 Å². The molecule has 1 N–H and O–H groups in total. The molecule has 0 amide bonds. The van der Waals surface area contributed by atoms with E-state index in [1.54, 1.807) is 0 Å². The Morgan fingerprint density at radius 2 is 1.60 bits per heavy atom. The fourth-order valence-corrected chi connectivity index (χ4v) is 2.69. The van der Waals surface area contributed by atoms with Gasteiger partial charge in [0.15, 0.2) is 0 Å². The molecule has 5 unspecified atom stereocenters. The summed E-state index contributed by atoms with van der Waals surface area (Å²) in [6, 6.07) is 10.1. The molecule has 1 aromatic carbocycles. The van der Waals surface area contributed by atoms with Gasteiger partial charge in [0.25, 0.3) is 0 Å². The standard InChI is InChI=1S/C18H30O2/c1-6-13(2)14(3)15(4)18(16(5)19)20-12-17-10-8-7-9-11-17/h7-11,13-16,18-19H,6,12H2,1-5H3. The molecule has 114 valence electrons. The number of benzene rings is 1. The van der Waals surface area contributed by atoms with Crippen molar-refractivity contribution in [3.8, 4) is 0 Å². The molecule has 1 aromatic rings. The number of hydrogen-bond acceptors (Lipinski definition) is 2. The van der Waals surface area contributed by atoms with Crippen molar-refractivity contribution < 1.29 is 9.84 Å². The van der Waals surface area contributed by atoms with Crippen LogP contribution in [-0.2, 0) is 11.3 Å². The van der Waals surface area contributed by atoms with Gasteiger partial charge in [-0.3, -0.25) is 0 Å². The molecule has 1 rings (SSSR count). The largest absolute Gasteiger partial charge is 0.391 e. The van der Waals surface area contributed by atoms with Gasteiger partial charge in [0.2, 0.25) is 0 Å². The lowest BCUT2D eigenvalue weighted by Gasteiger charge is -2.33. The highest BCUT2D eigenvalue weighted by Crippen LogP contribution is 2.29. The van der Waals surface area contributed by atoms with Crippen molar-refractivity contribution in [2.75, 3.05) is 0 Å². The van der Waals surface area contributed by atoms with Crippen molar-refractivity contribution in [1.82, 2.24) is 0 Å². The molecule has 0 heterocycles. The minimum atomic E-state index is -0.444. The van der Waals surface area contributed by atoms with Crippen LogP contribution in [0.2, 0.25) is 0 Å². The van der Waals surface area contributed by atoms with E-state index in [1.807, 2.05) is 25.1 Å². The number of aliphatic hydroxyl groups excluding tert-OH is 1. The molecule has 20 heavy (non-hydrogen) atoms. The zero-order valence-electron chi connectivity index (χ0n) is 13.5. The molecule has 0 aliphatic heterocycles. The van der Waals surface area contributed by atoms with E-state index < -0.39 is 6.10 Å². The molecule has 2 heteroatoms. The lowest BCUT2D eigenvalue weighted by atomic mass is 9.79. The van der Waals surface area contributed by atoms with Crippen LogP contribution in [0.4, 0.5) is 0 Å². The number of ether oxygens (including phenoxy) is 1. The van der Waals surface area contributed by atoms with Crippen LogP contribution < -0.4 is 0 Å². The molecule has 0 saturated heterocycles. The Balaban J connectivity index is 2.64. The van der Waals surface area contributed by atoms with E-state index >= 15 is 0 Å². The Bertz CT molecular complexity index is 361. The maximum absolute atomic E-state index is 10.0. The van der Waals surface area contributed by atoms with E-state index in [4.69, 9.17) is 4.74 Å². The zero-order valence-corrected chi connectivity index (χ0v) is 13.5. The molecule has 0 bridgehead atoms. The summed E-state index contributed by atoms with van der Waals surface area (Å²) >= 11 is 0. The fourth-order valence-electron chi connectivity index (χ4n) is 2.69. The molecule has 2 nitrogen and oxygen atoms in total. The first-order valence-corrected chi connectivity index (χ1v) is 7.80. The average Bonchev–Trinajstić information content (AvgIpc) is 2.46. The SMILES string of the molecule is CCC(C)C(C)C(C)C(OCc1ccccc1)C(C)O. The Hall–Kier alpha value is -0.860. The average molecular weight is 278 g/mol. The van der Waals surface area contributed by atoms with Crippen molar-refractivity contribution in [2.24, 2.45) is 17.8 Å². The molecular weight excluding hydrogens is 248 g/mol. The third-order valence-electron chi connectivity index (χ3n) is 4.65. The molecular formula is C18H30O2. The van der Waals surface area contributed by atoms with Crippen molar-refractivity contribution in [2.45, 2.75) is 59.9 Å². The second kappa shape index (κ2) is 8.43. The van der Waals surface area contributed by atoms with Crippen molar-refractivity contribution in [1.29, 1.82) is 0 Å². The lowest BCUT2D eigenvalue weighted by Crippen LogP contribution is -2.37. The van der Waals surface area contributed by atoms with E-state index in [0.29, 0.717) is 24.4 Å². The van der Waals surface area contributed by atoms with E-state index in [2.05, 4.69) is 39.8 Å². The highest BCUT2D eigenvalue weighted by Gasteiger charge is 2.29. The normalized spacial score (nSPS) is 19.1. The minimum absolute atomic E-state index is 0.112. The predicted molar refractivity (Wildman–Crippen MR) is 84.5 cm³/mol. The van der Waals surface area contributed by atoms with Gasteiger partial charge in [0.05, 0.1) is 18.8 Å². The van der Waals surface area contributed by atoms with Crippen LogP contribution in [0.5, 0.6) is 0 Å². The minimum Gasteiger partial charge on any atom is -0.391 e. The predicted octanol–water partition coefficient (Wildman–Crippen LogP) is 4.27. The smallest absolute Gasteiger partial charge is 0.0863 e. The van der Waals surface area contributed by atoms with Gasteiger partial charge in [-0.25, -0.2) is 0 Å². The van der Waals surface area contributed by atoms with Crippen molar-refractivity contribution in [3.05, 3.63) is 35.9 Å². The molecule has 0 saturated carbocycles. The quantitative estimate of drug-likeness (QED) is 0.769. The topological polar surface area (TPSA) is 29.5 Å². The van der Waals surface area contributed by atoms with Crippen LogP contribution in [0.25, 0.3) is 0 Å². The van der Waals surface area contributed by atoms with Crippen LogP contribution in [-0.4, -0.2) is 17.3 Å². The van der Waals surface area contributed by atoms with Gasteiger partial charge in [0, 0.05) is 0 Å². The molecule has 5 atom stereocenters. The monoisotopic (exact) mass is 278 g/mol. The van der Waals surface area contributed by atoms with E-state index in [0.717, 1.165) is 12.0 Å². The molecule has 0 aliphatic carbocycles. The Kier molecular flexibility index (Phi) is 7.25. The van der Waals surface area contributed by atoms with Gasteiger partial charge >= 0.3 is 0 Å². The first-order chi connectivity index (χ1) is 9.47. The molecule has 0 spiro atoms. The van der Waals surface area contributed by atoms with Crippen LogP contribution >= 0.6 is 0 Å². The van der Waals surface area contributed by atoms with Crippen molar-refractivity contribution in [3.63, 3.8) is 0 Å². The maximum Gasteiger partial charge on any atom is 0.0863 e. The first-order valence-electron chi connectivity index (χ1n) is 7.80. The second-order valence-electron chi connectivity index (χ2n) is 6.11. The summed E-state index contributed by atoms with van der Waals surface area (Å²) in [5.74, 6) is 1.52. The number of rotatable bonds is 8. The maximum atomic E-state index is 10.0. The summed E-state index contributed by atoms with van der Waals surface area (Å²) in [5.41, 5.74) is 1.15. The number of hydrogen-bond donors (Lipinski definition) is 1. The summed E-state index contributed by atoms with van der Waals surface area (Å²) < 4.78 is 6.02. The van der Waals surface area contributed by atoms with Crippen molar-refractivity contribution >= 4 is 0 Å². The lowest BCUT2D eigenvalue weighted by molar-refractivity contribution is -0.0817. The van der Waals surface area contributed by atoms with Gasteiger partial charge in [-0.05, 0) is 30.2 Å². The van der Waals surface area contributed by atoms with Gasteiger partial charge in [-0.15, -0.1) is 0 Å². The fraction of sp³-hybridized carbons (Fsp3) is 0.667. The molecule has 0 fully saturated rings. The zero-order chi connectivity index (χ0) is 15.1. The van der Waals surface area contributed by atoms with Crippen LogP contribution in [0, 0.1) is 17.8 Å². The van der Waals surface area contributed by atoms with E-state index in [9.17, 15) is 5.11 Å². The summed E-state index contributed by atoms with van der Waals surface area (Å²) in [6.45, 7) is 11.3. The third kappa shape index (κ3) is 4.92. The van der Waals surface area contributed by atoms with Gasteiger partial charge in [-0.1, -0.05) is 64.4 Å². The first kappa shape index (κ1) is 17.2. The molecule has 0 radical (unpaired) electrons. The summed E-state index contributed by atoms with van der Waals surface area (Å²) in [4.78, 5) is 0. The third-order valence-corrected chi connectivity index (χ3v) is 4.65. The van der Waals surface area contributed by atoms with Gasteiger partial charge in [-0.2, -0.15) is 0 Å². The highest BCUT2D eigenvalue weighted by molar-refractivity contribution is 5.13. The summed E-state index contributed by atoms with van der Waals surface area (Å²) in [7, 11) is 0. The van der Waals surface area contributed by atoms with Crippen LogP contribution in [0.3, 0.4) is 0 Å². The number of aliphatic hydroxyl groups is 1.